The molecule has 0 saturated carbocycles. The molecule has 0 radical (unpaired) electrons. The van der Waals surface area contributed by atoms with E-state index in [1.54, 1.807) is 0 Å². The highest BCUT2D eigenvalue weighted by Gasteiger charge is 2.33. The number of nitrogens with zero attached hydrogens (tertiary/aromatic N) is 2. The Hall–Kier alpha value is -2.38. The Morgan fingerprint density at radius 3 is 2.68 bits per heavy atom. The maximum Gasteiger partial charge on any atom is 0.419 e. The average molecular weight is 272 g/mol. The van der Waals surface area contributed by atoms with E-state index >= 15 is 0 Å². The van der Waals surface area contributed by atoms with Crippen molar-refractivity contribution in [3.63, 3.8) is 0 Å². The van der Waals surface area contributed by atoms with Crippen LogP contribution in [0, 0.1) is 0 Å². The summed E-state index contributed by atoms with van der Waals surface area (Å²) >= 11 is 0. The predicted molar refractivity (Wildman–Crippen MR) is 57.8 cm³/mol. The Morgan fingerprint density at radius 2 is 2.11 bits per heavy atom. The van der Waals surface area contributed by atoms with Crippen molar-refractivity contribution in [1.82, 2.24) is 9.38 Å². The van der Waals surface area contributed by atoms with E-state index in [-0.39, 0.29) is 5.69 Å². The Kier molecular flexibility index (Phi) is 3.01. The maximum atomic E-state index is 12.8. The van der Waals surface area contributed by atoms with Crippen molar-refractivity contribution < 1.29 is 23.1 Å². The molecule has 100 valence electrons. The van der Waals surface area contributed by atoms with Gasteiger partial charge in [0.2, 0.25) is 0 Å². The quantitative estimate of drug-likeness (QED) is 0.895. The largest absolute Gasteiger partial charge is 0.481 e. The second kappa shape index (κ2) is 4.38. The summed E-state index contributed by atoms with van der Waals surface area (Å²) in [6, 6.07) is 2.77. The molecule has 0 unspecified atom stereocenters. The molecule has 2 rings (SSSR count). The molecule has 1 N–H and O–H groups in total. The van der Waals surface area contributed by atoms with Crippen LogP contribution in [-0.4, -0.2) is 20.5 Å². The lowest BCUT2D eigenvalue weighted by Gasteiger charge is -2.10. The summed E-state index contributed by atoms with van der Waals surface area (Å²) in [5, 5.41) is 8.59. The van der Waals surface area contributed by atoms with Gasteiger partial charge in [0.05, 0.1) is 17.7 Å². The molecule has 0 aliphatic rings. The summed E-state index contributed by atoms with van der Waals surface area (Å²) < 4.78 is 39.0. The lowest BCUT2D eigenvalue weighted by molar-refractivity contribution is -0.137. The molecule has 5 nitrogen and oxygen atoms in total. The number of fused-ring (bicyclic) bond motifs is 1. The maximum absolute atomic E-state index is 12.8. The topological polar surface area (TPSA) is 71.7 Å². The fraction of sp³-hybridized carbons (Fsp3) is 0.182. The van der Waals surface area contributed by atoms with Gasteiger partial charge in [-0.25, -0.2) is 4.98 Å². The number of pyridine rings is 1. The van der Waals surface area contributed by atoms with E-state index in [9.17, 15) is 22.8 Å². The van der Waals surface area contributed by atoms with Crippen LogP contribution < -0.4 is 5.56 Å². The summed E-state index contributed by atoms with van der Waals surface area (Å²) in [4.78, 5) is 25.8. The Balaban J connectivity index is 2.76. The lowest BCUT2D eigenvalue weighted by atomic mass is 10.2. The minimum atomic E-state index is -4.67. The van der Waals surface area contributed by atoms with Crippen molar-refractivity contribution in [3.8, 4) is 0 Å². The van der Waals surface area contributed by atoms with Crippen LogP contribution in [0.3, 0.4) is 0 Å². The van der Waals surface area contributed by atoms with Crippen LogP contribution in [0.15, 0.2) is 29.2 Å². The van der Waals surface area contributed by atoms with Gasteiger partial charge in [-0.2, -0.15) is 13.2 Å². The van der Waals surface area contributed by atoms with Crippen LogP contribution in [0.1, 0.15) is 11.3 Å². The van der Waals surface area contributed by atoms with Crippen LogP contribution in [0.25, 0.3) is 5.65 Å². The number of alkyl halides is 3. The van der Waals surface area contributed by atoms with Gasteiger partial charge in [0, 0.05) is 12.3 Å². The first-order valence-electron chi connectivity index (χ1n) is 5.09. The normalized spacial score (nSPS) is 11.7. The van der Waals surface area contributed by atoms with Crippen LogP contribution in [0.4, 0.5) is 13.2 Å². The van der Waals surface area contributed by atoms with Crippen LogP contribution in [0.2, 0.25) is 0 Å². The van der Waals surface area contributed by atoms with Crippen molar-refractivity contribution in [1.29, 1.82) is 0 Å². The molecule has 8 heteroatoms. The fourth-order valence-electron chi connectivity index (χ4n) is 1.64. The van der Waals surface area contributed by atoms with Crippen LogP contribution in [-0.2, 0) is 17.4 Å². The van der Waals surface area contributed by atoms with Gasteiger partial charge < -0.3 is 5.11 Å². The van der Waals surface area contributed by atoms with E-state index in [0.717, 1.165) is 28.8 Å². The van der Waals surface area contributed by atoms with Gasteiger partial charge in [0.1, 0.15) is 0 Å². The highest BCUT2D eigenvalue weighted by molar-refractivity contribution is 5.69. The fourth-order valence-corrected chi connectivity index (χ4v) is 1.64. The third-order valence-corrected chi connectivity index (χ3v) is 2.38. The third-order valence-electron chi connectivity index (χ3n) is 2.38. The van der Waals surface area contributed by atoms with Gasteiger partial charge in [-0.1, -0.05) is 0 Å². The van der Waals surface area contributed by atoms with Crippen molar-refractivity contribution >= 4 is 11.6 Å². The number of hydrogen-bond donors (Lipinski definition) is 1. The number of carboxylic acids is 1. The molecule has 0 fully saturated rings. The van der Waals surface area contributed by atoms with E-state index in [1.807, 2.05) is 0 Å². The summed E-state index contributed by atoms with van der Waals surface area (Å²) in [5.74, 6) is -1.28. The zero-order valence-electron chi connectivity index (χ0n) is 9.31. The van der Waals surface area contributed by atoms with Gasteiger partial charge in [-0.3, -0.25) is 14.0 Å². The molecule has 0 amide bonds. The molecule has 2 aromatic heterocycles. The van der Waals surface area contributed by atoms with Gasteiger partial charge in [-0.15, -0.1) is 0 Å². The molecular weight excluding hydrogens is 265 g/mol. The first-order chi connectivity index (χ1) is 8.79. The van der Waals surface area contributed by atoms with Gasteiger partial charge >= 0.3 is 12.1 Å². The molecule has 0 aromatic carbocycles. The lowest BCUT2D eigenvalue weighted by Crippen LogP contribution is -2.20. The number of hydrogen-bond acceptors (Lipinski definition) is 3. The number of aromatic nitrogens is 2. The first kappa shape index (κ1) is 13.1. The van der Waals surface area contributed by atoms with Crippen molar-refractivity contribution in [2.24, 2.45) is 0 Å². The van der Waals surface area contributed by atoms with Crippen molar-refractivity contribution in [2.45, 2.75) is 12.6 Å². The standard InChI is InChI=1S/C11H7F3N2O3/c12-11(13,14)7-2-1-3-16-8(17)4-6(5-9(18)19)15-10(7)16/h1-4H,5H2,(H,18,19). The second-order valence-electron chi connectivity index (χ2n) is 3.77. The van der Waals surface area contributed by atoms with Crippen LogP contribution in [0.5, 0.6) is 0 Å². The molecule has 2 aromatic rings. The average Bonchev–Trinajstić information content (AvgIpc) is 2.26. The second-order valence-corrected chi connectivity index (χ2v) is 3.77. The summed E-state index contributed by atoms with van der Waals surface area (Å²) in [7, 11) is 0. The highest BCUT2D eigenvalue weighted by Crippen LogP contribution is 2.31. The van der Waals surface area contributed by atoms with E-state index in [4.69, 9.17) is 5.11 Å². The summed E-state index contributed by atoms with van der Waals surface area (Å²) in [6.45, 7) is 0. The van der Waals surface area contributed by atoms with E-state index in [2.05, 4.69) is 4.98 Å². The number of halogens is 3. The zero-order valence-corrected chi connectivity index (χ0v) is 9.31. The van der Waals surface area contributed by atoms with E-state index in [0.29, 0.717) is 0 Å². The number of rotatable bonds is 2. The van der Waals surface area contributed by atoms with Crippen LogP contribution >= 0.6 is 0 Å². The smallest absolute Gasteiger partial charge is 0.419 e. The number of carboxylic acid groups (broad SMARTS) is 1. The molecule has 0 saturated heterocycles. The number of carbonyl (C=O) groups is 1. The third kappa shape index (κ3) is 2.56. The molecule has 19 heavy (non-hydrogen) atoms. The molecule has 0 bridgehead atoms. The molecule has 0 atom stereocenters. The molecule has 0 aliphatic carbocycles. The number of aliphatic carboxylic acids is 1. The molecule has 0 aliphatic heterocycles. The summed E-state index contributed by atoms with van der Waals surface area (Å²) in [6.07, 6.45) is -4.14. The van der Waals surface area contributed by atoms with E-state index in [1.165, 1.54) is 0 Å². The molecule has 0 spiro atoms. The van der Waals surface area contributed by atoms with Crippen molar-refractivity contribution in [3.05, 3.63) is 46.0 Å². The SMILES string of the molecule is O=C(O)Cc1cc(=O)n2cccc(C(F)(F)F)c2n1. The van der Waals surface area contributed by atoms with Gasteiger partial charge in [-0.05, 0) is 12.1 Å². The van der Waals surface area contributed by atoms with Crippen molar-refractivity contribution in [2.75, 3.05) is 0 Å². The molecular formula is C11H7F3N2O3. The first-order valence-corrected chi connectivity index (χ1v) is 5.09. The molecule has 2 heterocycles. The minimum absolute atomic E-state index is 0.214. The Bertz CT molecular complexity index is 706. The predicted octanol–water partition coefficient (Wildman–Crippen LogP) is 1.34. The highest BCUT2D eigenvalue weighted by atomic mass is 19.4. The Labute approximate surface area is 103 Å². The minimum Gasteiger partial charge on any atom is -0.481 e. The van der Waals surface area contributed by atoms with Gasteiger partial charge in [0.15, 0.2) is 5.65 Å². The van der Waals surface area contributed by atoms with E-state index < -0.39 is 35.3 Å². The summed E-state index contributed by atoms with van der Waals surface area (Å²) in [5.41, 5.74) is -2.65. The zero-order chi connectivity index (χ0) is 14.2. The Morgan fingerprint density at radius 1 is 1.42 bits per heavy atom. The van der Waals surface area contributed by atoms with Gasteiger partial charge in [0.25, 0.3) is 5.56 Å². The monoisotopic (exact) mass is 272 g/mol.